The predicted molar refractivity (Wildman–Crippen MR) is 70.6 cm³/mol. The van der Waals surface area contributed by atoms with Gasteiger partial charge < -0.3 is 11.5 Å². The summed E-state index contributed by atoms with van der Waals surface area (Å²) in [5.74, 6) is 0. The van der Waals surface area contributed by atoms with E-state index >= 15 is 0 Å². The Kier molecular flexibility index (Phi) is 2.92. The van der Waals surface area contributed by atoms with Crippen LogP contribution in [0.25, 0.3) is 12.2 Å². The second kappa shape index (κ2) is 4.53. The molecular weight excluding hydrogens is 196 g/mol. The highest BCUT2D eigenvalue weighted by molar-refractivity contribution is 5.71. The molecule has 2 heteroatoms. The summed E-state index contributed by atoms with van der Waals surface area (Å²) in [5.41, 5.74) is 15.1. The van der Waals surface area contributed by atoms with Gasteiger partial charge in [0, 0.05) is 11.4 Å². The first-order chi connectivity index (χ1) is 7.74. The van der Waals surface area contributed by atoms with Crippen LogP contribution in [-0.2, 0) is 0 Å². The van der Waals surface area contributed by atoms with Crippen LogP contribution in [0.5, 0.6) is 0 Å². The number of hydrogen-bond donors (Lipinski definition) is 2. The summed E-state index contributed by atoms with van der Waals surface area (Å²) in [5, 5.41) is 0. The van der Waals surface area contributed by atoms with Gasteiger partial charge in [-0.3, -0.25) is 0 Å². The fourth-order valence-corrected chi connectivity index (χ4v) is 1.46. The van der Waals surface area contributed by atoms with Crippen LogP contribution < -0.4 is 11.5 Å². The zero-order valence-corrected chi connectivity index (χ0v) is 8.93. The topological polar surface area (TPSA) is 52.0 Å². The quantitative estimate of drug-likeness (QED) is 0.591. The molecule has 0 amide bonds. The molecule has 0 aliphatic carbocycles. The highest BCUT2D eigenvalue weighted by Crippen LogP contribution is 2.12. The van der Waals surface area contributed by atoms with Gasteiger partial charge in [-0.05, 0) is 35.4 Å². The van der Waals surface area contributed by atoms with Crippen molar-refractivity contribution in [2.24, 2.45) is 0 Å². The summed E-state index contributed by atoms with van der Waals surface area (Å²) in [7, 11) is 0. The van der Waals surface area contributed by atoms with Crippen LogP contribution in [0.2, 0.25) is 0 Å². The van der Waals surface area contributed by atoms with Gasteiger partial charge in [0.25, 0.3) is 0 Å². The van der Waals surface area contributed by atoms with Gasteiger partial charge in [0.15, 0.2) is 0 Å². The second-order valence-corrected chi connectivity index (χ2v) is 3.67. The number of hydrogen-bond acceptors (Lipinski definition) is 2. The van der Waals surface area contributed by atoms with Crippen LogP contribution in [0.3, 0.4) is 0 Å². The zero-order valence-electron chi connectivity index (χ0n) is 8.93. The molecule has 16 heavy (non-hydrogen) atoms. The molecule has 2 nitrogen and oxygen atoms in total. The number of anilines is 2. The minimum Gasteiger partial charge on any atom is -0.399 e. The molecule has 2 rings (SSSR count). The van der Waals surface area contributed by atoms with Crippen molar-refractivity contribution in [1.29, 1.82) is 0 Å². The Morgan fingerprint density at radius 2 is 1.38 bits per heavy atom. The van der Waals surface area contributed by atoms with Gasteiger partial charge in [0.2, 0.25) is 0 Å². The van der Waals surface area contributed by atoms with Crippen molar-refractivity contribution in [3.05, 3.63) is 59.7 Å². The van der Waals surface area contributed by atoms with Crippen molar-refractivity contribution in [3.63, 3.8) is 0 Å². The summed E-state index contributed by atoms with van der Waals surface area (Å²) >= 11 is 0. The van der Waals surface area contributed by atoms with Crippen LogP contribution in [0.15, 0.2) is 48.5 Å². The van der Waals surface area contributed by atoms with Gasteiger partial charge in [-0.25, -0.2) is 0 Å². The minimum atomic E-state index is 0.777. The van der Waals surface area contributed by atoms with Crippen molar-refractivity contribution >= 4 is 23.5 Å². The van der Waals surface area contributed by atoms with E-state index in [0.717, 1.165) is 22.5 Å². The number of rotatable bonds is 2. The molecule has 0 saturated carbocycles. The maximum Gasteiger partial charge on any atom is 0.0319 e. The maximum absolute atomic E-state index is 5.70. The van der Waals surface area contributed by atoms with E-state index in [1.807, 2.05) is 60.7 Å². The highest BCUT2D eigenvalue weighted by atomic mass is 14.5. The Morgan fingerprint density at radius 1 is 0.688 bits per heavy atom. The monoisotopic (exact) mass is 210 g/mol. The van der Waals surface area contributed by atoms with Crippen molar-refractivity contribution < 1.29 is 0 Å². The third kappa shape index (κ3) is 2.64. The van der Waals surface area contributed by atoms with Crippen LogP contribution >= 0.6 is 0 Å². The summed E-state index contributed by atoms with van der Waals surface area (Å²) in [6.45, 7) is 0. The fraction of sp³-hybridized carbons (Fsp3) is 0. The Labute approximate surface area is 95.2 Å². The molecule has 4 N–H and O–H groups in total. The smallest absolute Gasteiger partial charge is 0.0319 e. The summed E-state index contributed by atoms with van der Waals surface area (Å²) < 4.78 is 0. The van der Waals surface area contributed by atoms with Crippen LogP contribution in [-0.4, -0.2) is 0 Å². The molecule has 2 aromatic carbocycles. The molecule has 0 aliphatic heterocycles. The third-order valence-corrected chi connectivity index (χ3v) is 2.32. The van der Waals surface area contributed by atoms with Gasteiger partial charge >= 0.3 is 0 Å². The molecule has 0 bridgehead atoms. The van der Waals surface area contributed by atoms with E-state index in [0.29, 0.717) is 0 Å². The predicted octanol–water partition coefficient (Wildman–Crippen LogP) is 3.02. The standard InChI is InChI=1S/C14H14N2/c15-13-8-6-11(7-9-13)4-5-12-2-1-3-14(16)10-12/h1-10H,15-16H2/b5-4-. The molecule has 0 saturated heterocycles. The molecule has 0 heterocycles. The number of nitrogens with two attached hydrogens (primary N) is 2. The first kappa shape index (κ1) is 10.3. The zero-order chi connectivity index (χ0) is 11.4. The Morgan fingerprint density at radius 3 is 2.06 bits per heavy atom. The third-order valence-electron chi connectivity index (χ3n) is 2.32. The second-order valence-electron chi connectivity index (χ2n) is 3.67. The normalized spacial score (nSPS) is 10.8. The molecule has 0 radical (unpaired) electrons. The molecule has 0 aromatic heterocycles. The van der Waals surface area contributed by atoms with E-state index in [1.54, 1.807) is 0 Å². The van der Waals surface area contributed by atoms with Crippen LogP contribution in [0.1, 0.15) is 11.1 Å². The van der Waals surface area contributed by atoms with E-state index in [1.165, 1.54) is 0 Å². The summed E-state index contributed by atoms with van der Waals surface area (Å²) in [4.78, 5) is 0. The summed E-state index contributed by atoms with van der Waals surface area (Å²) in [6.07, 6.45) is 4.07. The van der Waals surface area contributed by atoms with Gasteiger partial charge in [-0.15, -0.1) is 0 Å². The molecule has 0 spiro atoms. The number of benzene rings is 2. The van der Waals surface area contributed by atoms with Crippen molar-refractivity contribution in [1.82, 2.24) is 0 Å². The van der Waals surface area contributed by atoms with E-state index in [-0.39, 0.29) is 0 Å². The lowest BCUT2D eigenvalue weighted by Crippen LogP contribution is -1.84. The highest BCUT2D eigenvalue weighted by Gasteiger charge is 1.89. The van der Waals surface area contributed by atoms with E-state index in [4.69, 9.17) is 11.5 Å². The van der Waals surface area contributed by atoms with Gasteiger partial charge in [0.05, 0.1) is 0 Å². The van der Waals surface area contributed by atoms with Crippen LogP contribution in [0, 0.1) is 0 Å². The average molecular weight is 210 g/mol. The lowest BCUT2D eigenvalue weighted by atomic mass is 10.1. The van der Waals surface area contributed by atoms with Crippen molar-refractivity contribution in [2.75, 3.05) is 11.5 Å². The Balaban J connectivity index is 2.18. The molecule has 0 aliphatic rings. The lowest BCUT2D eigenvalue weighted by Gasteiger charge is -1.97. The molecule has 80 valence electrons. The molecule has 0 unspecified atom stereocenters. The molecule has 0 fully saturated rings. The lowest BCUT2D eigenvalue weighted by molar-refractivity contribution is 1.63. The molecule has 0 atom stereocenters. The van der Waals surface area contributed by atoms with Gasteiger partial charge in [0.1, 0.15) is 0 Å². The van der Waals surface area contributed by atoms with Gasteiger partial charge in [-0.1, -0.05) is 36.4 Å². The van der Waals surface area contributed by atoms with E-state index < -0.39 is 0 Å². The van der Waals surface area contributed by atoms with E-state index in [2.05, 4.69) is 0 Å². The summed E-state index contributed by atoms with van der Waals surface area (Å²) in [6, 6.07) is 15.5. The molecule has 2 aromatic rings. The fourth-order valence-electron chi connectivity index (χ4n) is 1.46. The van der Waals surface area contributed by atoms with Crippen molar-refractivity contribution in [2.45, 2.75) is 0 Å². The Bertz CT molecular complexity index is 498. The SMILES string of the molecule is Nc1ccc(/C=C\c2cccc(N)c2)cc1. The van der Waals surface area contributed by atoms with Crippen molar-refractivity contribution in [3.8, 4) is 0 Å². The first-order valence-corrected chi connectivity index (χ1v) is 5.13. The minimum absolute atomic E-state index is 0.777. The molecular formula is C14H14N2. The van der Waals surface area contributed by atoms with Gasteiger partial charge in [-0.2, -0.15) is 0 Å². The largest absolute Gasteiger partial charge is 0.399 e. The Hall–Kier alpha value is -2.22. The van der Waals surface area contributed by atoms with E-state index in [9.17, 15) is 0 Å². The number of nitrogen functional groups attached to an aromatic ring is 2. The first-order valence-electron chi connectivity index (χ1n) is 5.13. The maximum atomic E-state index is 5.70. The average Bonchev–Trinajstić information content (AvgIpc) is 2.28. The van der Waals surface area contributed by atoms with Crippen LogP contribution in [0.4, 0.5) is 11.4 Å².